The fraction of sp³-hybridized carbons (Fsp3) is 0.562. The first kappa shape index (κ1) is 11.3. The number of fused-ring (bicyclic) bond motifs is 1. The lowest BCUT2D eigenvalue weighted by Gasteiger charge is -2.19. The zero-order valence-electron chi connectivity index (χ0n) is 11.3. The number of rotatable bonds is 3. The van der Waals surface area contributed by atoms with Crippen molar-refractivity contribution in [1.82, 2.24) is 4.90 Å². The number of hydrogen-bond acceptors (Lipinski definition) is 1. The number of carbonyl (C=O) groups excluding carboxylic acids is 1. The second-order valence-electron chi connectivity index (χ2n) is 6.13. The molecule has 1 aromatic carbocycles. The highest BCUT2D eigenvalue weighted by atomic mass is 16.2. The molecule has 3 heteroatoms. The number of amides is 2. The molecule has 0 spiro atoms. The summed E-state index contributed by atoms with van der Waals surface area (Å²) in [5, 5.41) is 0. The number of carbonyl (C=O) groups is 1. The summed E-state index contributed by atoms with van der Waals surface area (Å²) in [6.07, 6.45) is 6.26. The molecule has 0 radical (unpaired) electrons. The van der Waals surface area contributed by atoms with Gasteiger partial charge in [-0.15, -0.1) is 0 Å². The van der Waals surface area contributed by atoms with E-state index in [-0.39, 0.29) is 6.03 Å². The van der Waals surface area contributed by atoms with Crippen LogP contribution in [0.25, 0.3) is 0 Å². The second-order valence-corrected chi connectivity index (χ2v) is 6.13. The summed E-state index contributed by atoms with van der Waals surface area (Å²) in [7, 11) is 0. The zero-order chi connectivity index (χ0) is 12.8. The van der Waals surface area contributed by atoms with E-state index in [1.54, 1.807) is 0 Å². The lowest BCUT2D eigenvalue weighted by atomic mass is 10.1. The summed E-state index contributed by atoms with van der Waals surface area (Å²) in [5.74, 6) is 0.781. The first-order chi connectivity index (χ1) is 9.31. The van der Waals surface area contributed by atoms with Crippen molar-refractivity contribution in [3.8, 4) is 0 Å². The average molecular weight is 256 g/mol. The number of benzene rings is 1. The van der Waals surface area contributed by atoms with Crippen molar-refractivity contribution in [1.29, 1.82) is 0 Å². The van der Waals surface area contributed by atoms with E-state index in [0.717, 1.165) is 31.2 Å². The fourth-order valence-corrected chi connectivity index (χ4v) is 3.33. The van der Waals surface area contributed by atoms with Gasteiger partial charge in [0.1, 0.15) is 0 Å². The SMILES string of the molecule is O=C1N(CC2CC2)CCN1c1ccc2c(c1)CCC2. The maximum atomic E-state index is 12.4. The molecule has 19 heavy (non-hydrogen) atoms. The number of urea groups is 1. The van der Waals surface area contributed by atoms with Crippen LogP contribution in [0.5, 0.6) is 0 Å². The fourth-order valence-electron chi connectivity index (χ4n) is 3.33. The van der Waals surface area contributed by atoms with E-state index >= 15 is 0 Å². The molecule has 1 heterocycles. The van der Waals surface area contributed by atoms with E-state index in [1.165, 1.54) is 43.2 Å². The number of nitrogens with zero attached hydrogens (tertiary/aromatic N) is 2. The summed E-state index contributed by atoms with van der Waals surface area (Å²) < 4.78 is 0. The first-order valence-corrected chi connectivity index (χ1v) is 7.49. The molecule has 100 valence electrons. The van der Waals surface area contributed by atoms with E-state index in [0.29, 0.717) is 0 Å². The first-order valence-electron chi connectivity index (χ1n) is 7.49. The quantitative estimate of drug-likeness (QED) is 0.815. The Morgan fingerprint density at radius 1 is 1.11 bits per heavy atom. The van der Waals surface area contributed by atoms with Crippen LogP contribution in [0.4, 0.5) is 10.5 Å². The second kappa shape index (κ2) is 4.26. The van der Waals surface area contributed by atoms with Crippen LogP contribution in [0.3, 0.4) is 0 Å². The zero-order valence-corrected chi connectivity index (χ0v) is 11.3. The van der Waals surface area contributed by atoms with Crippen molar-refractivity contribution in [3.05, 3.63) is 29.3 Å². The molecule has 3 aliphatic rings. The van der Waals surface area contributed by atoms with E-state index in [9.17, 15) is 4.79 Å². The van der Waals surface area contributed by atoms with Crippen LogP contribution in [0.15, 0.2) is 18.2 Å². The van der Waals surface area contributed by atoms with Crippen molar-refractivity contribution in [2.45, 2.75) is 32.1 Å². The molecule has 0 N–H and O–H groups in total. The van der Waals surface area contributed by atoms with Gasteiger partial charge in [-0.3, -0.25) is 4.90 Å². The molecular weight excluding hydrogens is 236 g/mol. The van der Waals surface area contributed by atoms with Gasteiger partial charge in [-0.2, -0.15) is 0 Å². The molecule has 4 rings (SSSR count). The predicted octanol–water partition coefficient (Wildman–Crippen LogP) is 2.83. The highest BCUT2D eigenvalue weighted by molar-refractivity contribution is 5.94. The van der Waals surface area contributed by atoms with Gasteiger partial charge in [-0.25, -0.2) is 4.79 Å². The Morgan fingerprint density at radius 2 is 1.95 bits per heavy atom. The van der Waals surface area contributed by atoms with Crippen LogP contribution >= 0.6 is 0 Å². The summed E-state index contributed by atoms with van der Waals surface area (Å²) >= 11 is 0. The van der Waals surface area contributed by atoms with Gasteiger partial charge in [-0.05, 0) is 61.3 Å². The van der Waals surface area contributed by atoms with Crippen molar-refractivity contribution in [2.75, 3.05) is 24.5 Å². The third-order valence-corrected chi connectivity index (χ3v) is 4.66. The molecule has 1 aliphatic heterocycles. The minimum absolute atomic E-state index is 0.213. The van der Waals surface area contributed by atoms with E-state index in [2.05, 4.69) is 18.2 Å². The smallest absolute Gasteiger partial charge is 0.322 e. The maximum Gasteiger partial charge on any atom is 0.324 e. The van der Waals surface area contributed by atoms with Gasteiger partial charge < -0.3 is 4.90 Å². The molecule has 0 atom stereocenters. The number of hydrogen-bond donors (Lipinski definition) is 0. The molecule has 2 amide bonds. The molecular formula is C16H20N2O. The van der Waals surface area contributed by atoms with E-state index in [1.807, 2.05) is 9.80 Å². The number of anilines is 1. The highest BCUT2D eigenvalue weighted by Gasteiger charge is 2.34. The molecule has 1 saturated heterocycles. The molecule has 0 aromatic heterocycles. The van der Waals surface area contributed by atoms with E-state index < -0.39 is 0 Å². The van der Waals surface area contributed by atoms with Crippen molar-refractivity contribution in [3.63, 3.8) is 0 Å². The van der Waals surface area contributed by atoms with Crippen LogP contribution in [-0.4, -0.2) is 30.6 Å². The molecule has 1 saturated carbocycles. The van der Waals surface area contributed by atoms with Gasteiger partial charge in [0.2, 0.25) is 0 Å². The third kappa shape index (κ3) is 2.01. The molecule has 2 aliphatic carbocycles. The Balaban J connectivity index is 1.54. The van der Waals surface area contributed by atoms with Gasteiger partial charge in [0.15, 0.2) is 0 Å². The number of aryl methyl sites for hydroxylation is 2. The van der Waals surface area contributed by atoms with Crippen LogP contribution < -0.4 is 4.90 Å². The normalized spacial score (nSPS) is 22.2. The average Bonchev–Trinajstić information content (AvgIpc) is 2.98. The monoisotopic (exact) mass is 256 g/mol. The topological polar surface area (TPSA) is 23.6 Å². The summed E-state index contributed by atoms with van der Waals surface area (Å²) in [5.41, 5.74) is 4.03. The van der Waals surface area contributed by atoms with Gasteiger partial charge in [-0.1, -0.05) is 6.07 Å². The summed E-state index contributed by atoms with van der Waals surface area (Å²) in [6.45, 7) is 2.72. The Labute approximate surface area is 114 Å². The predicted molar refractivity (Wildman–Crippen MR) is 75.5 cm³/mol. The molecule has 2 fully saturated rings. The maximum absolute atomic E-state index is 12.4. The Hall–Kier alpha value is -1.51. The van der Waals surface area contributed by atoms with Gasteiger partial charge in [0, 0.05) is 25.3 Å². The van der Waals surface area contributed by atoms with Gasteiger partial charge in [0.25, 0.3) is 0 Å². The molecule has 0 bridgehead atoms. The van der Waals surface area contributed by atoms with Gasteiger partial charge >= 0.3 is 6.03 Å². The van der Waals surface area contributed by atoms with Crippen molar-refractivity contribution in [2.24, 2.45) is 5.92 Å². The van der Waals surface area contributed by atoms with Gasteiger partial charge in [0.05, 0.1) is 0 Å². The summed E-state index contributed by atoms with van der Waals surface area (Å²) in [4.78, 5) is 16.4. The minimum Gasteiger partial charge on any atom is -0.322 e. The van der Waals surface area contributed by atoms with Crippen LogP contribution in [0.1, 0.15) is 30.4 Å². The van der Waals surface area contributed by atoms with E-state index in [4.69, 9.17) is 0 Å². The van der Waals surface area contributed by atoms with Crippen molar-refractivity contribution >= 4 is 11.7 Å². The largest absolute Gasteiger partial charge is 0.324 e. The minimum atomic E-state index is 0.213. The summed E-state index contributed by atoms with van der Waals surface area (Å²) in [6, 6.07) is 6.79. The molecule has 0 unspecified atom stereocenters. The third-order valence-electron chi connectivity index (χ3n) is 4.66. The Kier molecular flexibility index (Phi) is 2.54. The standard InChI is InChI=1S/C16H20N2O/c19-16-17(11-12-4-5-12)8-9-18(16)15-7-6-13-2-1-3-14(13)10-15/h6-7,10,12H,1-5,8-9,11H2. The Morgan fingerprint density at radius 3 is 2.79 bits per heavy atom. The lowest BCUT2D eigenvalue weighted by Crippen LogP contribution is -2.33. The lowest BCUT2D eigenvalue weighted by molar-refractivity contribution is 0.218. The van der Waals surface area contributed by atoms with Crippen LogP contribution in [0.2, 0.25) is 0 Å². The highest BCUT2D eigenvalue weighted by Crippen LogP contribution is 2.32. The van der Waals surface area contributed by atoms with Crippen LogP contribution in [0, 0.1) is 5.92 Å². The molecule has 1 aromatic rings. The molecule has 3 nitrogen and oxygen atoms in total. The Bertz CT molecular complexity index is 521. The van der Waals surface area contributed by atoms with Crippen LogP contribution in [-0.2, 0) is 12.8 Å². The van der Waals surface area contributed by atoms with Crippen molar-refractivity contribution < 1.29 is 4.79 Å².